The van der Waals surface area contributed by atoms with E-state index in [2.05, 4.69) is 20.6 Å². The Morgan fingerprint density at radius 3 is 2.79 bits per heavy atom. The fraction of sp³-hybridized carbons (Fsp3) is 0.375. The van der Waals surface area contributed by atoms with Gasteiger partial charge in [0.15, 0.2) is 9.84 Å². The average Bonchev–Trinajstić information content (AvgIpc) is 2.92. The lowest BCUT2D eigenvalue weighted by atomic mass is 10.2. The van der Waals surface area contributed by atoms with Gasteiger partial charge < -0.3 is 15.4 Å². The third-order valence-corrected chi connectivity index (χ3v) is 5.67. The minimum Gasteiger partial charge on any atom is -0.496 e. The smallest absolute Gasteiger partial charge is 0.152 e. The molecule has 3 rings (SSSR count). The summed E-state index contributed by atoms with van der Waals surface area (Å²) in [5.41, 5.74) is 1.02. The van der Waals surface area contributed by atoms with Crippen LogP contribution < -0.4 is 15.4 Å². The number of ether oxygens (including phenoxy) is 1. The van der Waals surface area contributed by atoms with E-state index < -0.39 is 9.84 Å². The zero-order chi connectivity index (χ0) is 17.0. The Morgan fingerprint density at radius 1 is 1.25 bits per heavy atom. The van der Waals surface area contributed by atoms with Crippen LogP contribution in [0.5, 0.6) is 5.75 Å². The van der Waals surface area contributed by atoms with Crippen molar-refractivity contribution < 1.29 is 13.2 Å². The summed E-state index contributed by atoms with van der Waals surface area (Å²) < 4.78 is 28.4. The third-order valence-electron chi connectivity index (χ3n) is 3.90. The van der Waals surface area contributed by atoms with E-state index >= 15 is 0 Å². The van der Waals surface area contributed by atoms with Gasteiger partial charge in [-0.25, -0.2) is 18.4 Å². The summed E-state index contributed by atoms with van der Waals surface area (Å²) in [5.74, 6) is 2.48. The summed E-state index contributed by atoms with van der Waals surface area (Å²) in [6.45, 7) is 0.568. The molecule has 0 amide bonds. The fourth-order valence-electron chi connectivity index (χ4n) is 2.69. The summed E-state index contributed by atoms with van der Waals surface area (Å²) in [6.07, 6.45) is 2.06. The lowest BCUT2D eigenvalue weighted by Crippen LogP contribution is -2.21. The highest BCUT2D eigenvalue weighted by atomic mass is 32.2. The summed E-state index contributed by atoms with van der Waals surface area (Å²) in [7, 11) is -1.27. The maximum absolute atomic E-state index is 11.5. The van der Waals surface area contributed by atoms with Gasteiger partial charge in [-0.05, 0) is 12.5 Å². The Hall–Kier alpha value is -2.35. The van der Waals surface area contributed by atoms with Gasteiger partial charge in [0.25, 0.3) is 0 Å². The molecule has 0 aliphatic carbocycles. The van der Waals surface area contributed by atoms with Crippen LogP contribution in [0.25, 0.3) is 0 Å². The predicted molar refractivity (Wildman–Crippen MR) is 93.0 cm³/mol. The molecule has 1 saturated heterocycles. The average molecular weight is 348 g/mol. The van der Waals surface area contributed by atoms with Crippen LogP contribution in [-0.4, -0.2) is 43.0 Å². The minimum absolute atomic E-state index is 0.0908. The van der Waals surface area contributed by atoms with Gasteiger partial charge >= 0.3 is 0 Å². The standard InChI is InChI=1S/C16H20N4O3S/c1-23-14-5-3-2-4-12(14)9-17-15-8-16(19-11-18-15)20-13-6-7-24(21,22)10-13/h2-5,8,11,13H,6-7,9-10H2,1H3,(H2,17,18,19,20). The van der Waals surface area contributed by atoms with E-state index in [0.717, 1.165) is 11.3 Å². The van der Waals surface area contributed by atoms with Crippen LogP contribution in [0.1, 0.15) is 12.0 Å². The van der Waals surface area contributed by atoms with Crippen molar-refractivity contribution >= 4 is 21.5 Å². The summed E-state index contributed by atoms with van der Waals surface area (Å²) in [4.78, 5) is 8.35. The van der Waals surface area contributed by atoms with Crippen molar-refractivity contribution in [2.24, 2.45) is 0 Å². The molecule has 7 nitrogen and oxygen atoms in total. The van der Waals surface area contributed by atoms with Gasteiger partial charge in [0, 0.05) is 24.2 Å². The molecule has 2 N–H and O–H groups in total. The molecule has 8 heteroatoms. The second-order valence-corrected chi connectivity index (χ2v) is 7.93. The maximum Gasteiger partial charge on any atom is 0.152 e. The van der Waals surface area contributed by atoms with Crippen LogP contribution in [0.2, 0.25) is 0 Å². The maximum atomic E-state index is 11.5. The highest BCUT2D eigenvalue weighted by Gasteiger charge is 2.27. The predicted octanol–water partition coefficient (Wildman–Crippen LogP) is 1.70. The lowest BCUT2D eigenvalue weighted by molar-refractivity contribution is 0.410. The number of methoxy groups -OCH3 is 1. The largest absolute Gasteiger partial charge is 0.496 e. The van der Waals surface area contributed by atoms with E-state index in [9.17, 15) is 8.42 Å². The SMILES string of the molecule is COc1ccccc1CNc1cc(NC2CCS(=O)(=O)C2)ncn1. The van der Waals surface area contributed by atoms with Crippen molar-refractivity contribution in [3.8, 4) is 5.75 Å². The molecule has 1 aliphatic rings. The van der Waals surface area contributed by atoms with Crippen molar-refractivity contribution in [1.29, 1.82) is 0 Å². The number of para-hydroxylation sites is 1. The van der Waals surface area contributed by atoms with E-state index in [1.807, 2.05) is 24.3 Å². The Morgan fingerprint density at radius 2 is 2.04 bits per heavy atom. The van der Waals surface area contributed by atoms with Crippen LogP contribution in [-0.2, 0) is 16.4 Å². The number of hydrogen-bond donors (Lipinski definition) is 2. The summed E-state index contributed by atoms with van der Waals surface area (Å²) in [6, 6.07) is 9.45. The van der Waals surface area contributed by atoms with Crippen molar-refractivity contribution in [3.05, 3.63) is 42.2 Å². The van der Waals surface area contributed by atoms with E-state index in [1.54, 1.807) is 13.2 Å². The van der Waals surface area contributed by atoms with Crippen LogP contribution in [0, 0.1) is 0 Å². The first-order chi connectivity index (χ1) is 11.6. The summed E-state index contributed by atoms with van der Waals surface area (Å²) in [5, 5.41) is 6.39. The number of hydrogen-bond acceptors (Lipinski definition) is 7. The highest BCUT2D eigenvalue weighted by Crippen LogP contribution is 2.20. The van der Waals surface area contributed by atoms with Gasteiger partial charge in [0.1, 0.15) is 23.7 Å². The molecule has 1 aromatic heterocycles. The normalized spacial score (nSPS) is 19.0. The molecule has 0 spiro atoms. The van der Waals surface area contributed by atoms with Crippen molar-refractivity contribution in [2.45, 2.75) is 19.0 Å². The molecule has 2 heterocycles. The fourth-order valence-corrected chi connectivity index (χ4v) is 4.36. The van der Waals surface area contributed by atoms with Crippen molar-refractivity contribution in [1.82, 2.24) is 9.97 Å². The number of nitrogens with zero attached hydrogens (tertiary/aromatic N) is 2. The first kappa shape index (κ1) is 16.5. The minimum atomic E-state index is -2.92. The van der Waals surface area contributed by atoms with Gasteiger partial charge in [-0.15, -0.1) is 0 Å². The number of sulfone groups is 1. The van der Waals surface area contributed by atoms with Crippen LogP contribution in [0.15, 0.2) is 36.7 Å². The van der Waals surface area contributed by atoms with Crippen molar-refractivity contribution in [3.63, 3.8) is 0 Å². The van der Waals surface area contributed by atoms with Crippen LogP contribution >= 0.6 is 0 Å². The number of benzene rings is 1. The first-order valence-corrected chi connectivity index (χ1v) is 9.53. The number of rotatable bonds is 6. The molecule has 128 valence electrons. The van der Waals surface area contributed by atoms with E-state index in [0.29, 0.717) is 24.6 Å². The van der Waals surface area contributed by atoms with Gasteiger partial charge in [-0.1, -0.05) is 18.2 Å². The molecule has 1 atom stereocenters. The molecule has 1 aliphatic heterocycles. The van der Waals surface area contributed by atoms with Gasteiger partial charge in [-0.2, -0.15) is 0 Å². The topological polar surface area (TPSA) is 93.2 Å². The molecule has 0 bridgehead atoms. The first-order valence-electron chi connectivity index (χ1n) is 7.70. The highest BCUT2D eigenvalue weighted by molar-refractivity contribution is 7.91. The molecule has 2 aromatic rings. The Labute approximate surface area is 141 Å². The van der Waals surface area contributed by atoms with Gasteiger partial charge in [0.05, 0.1) is 18.6 Å². The molecular weight excluding hydrogens is 328 g/mol. The number of nitrogens with one attached hydrogen (secondary N) is 2. The number of anilines is 2. The number of aromatic nitrogens is 2. The summed E-state index contributed by atoms with van der Waals surface area (Å²) >= 11 is 0. The van der Waals surface area contributed by atoms with E-state index in [4.69, 9.17) is 4.74 Å². The van der Waals surface area contributed by atoms with E-state index in [1.165, 1.54) is 6.33 Å². The molecule has 24 heavy (non-hydrogen) atoms. The second-order valence-electron chi connectivity index (χ2n) is 5.70. The van der Waals surface area contributed by atoms with Crippen molar-refractivity contribution in [2.75, 3.05) is 29.2 Å². The Kier molecular flexibility index (Phi) is 4.84. The van der Waals surface area contributed by atoms with E-state index in [-0.39, 0.29) is 17.5 Å². The quantitative estimate of drug-likeness (QED) is 0.820. The van der Waals surface area contributed by atoms with Gasteiger partial charge in [0.2, 0.25) is 0 Å². The molecule has 0 saturated carbocycles. The monoisotopic (exact) mass is 348 g/mol. The zero-order valence-corrected chi connectivity index (χ0v) is 14.2. The molecule has 1 fully saturated rings. The Balaban J connectivity index is 1.63. The third kappa shape index (κ3) is 4.14. The lowest BCUT2D eigenvalue weighted by Gasteiger charge is -2.13. The zero-order valence-electron chi connectivity index (χ0n) is 13.4. The molecule has 1 aromatic carbocycles. The van der Waals surface area contributed by atoms with Crippen LogP contribution in [0.3, 0.4) is 0 Å². The second kappa shape index (κ2) is 7.04. The molecule has 1 unspecified atom stereocenters. The van der Waals surface area contributed by atoms with Gasteiger partial charge in [-0.3, -0.25) is 0 Å². The molecular formula is C16H20N4O3S. The Bertz CT molecular complexity index is 810. The van der Waals surface area contributed by atoms with Crippen LogP contribution in [0.4, 0.5) is 11.6 Å². The molecule has 0 radical (unpaired) electrons.